The van der Waals surface area contributed by atoms with Crippen LogP contribution in [0.15, 0.2) is 0 Å². The first-order valence-corrected chi connectivity index (χ1v) is 6.37. The maximum absolute atomic E-state index is 9.49. The van der Waals surface area contributed by atoms with Crippen molar-refractivity contribution in [2.45, 2.75) is 44.2 Å². The van der Waals surface area contributed by atoms with Gasteiger partial charge in [-0.3, -0.25) is 0 Å². The molecule has 1 saturated carbocycles. The normalized spacial score (nSPS) is 38.4. The summed E-state index contributed by atoms with van der Waals surface area (Å²) in [5, 5.41) is 12.9. The lowest BCUT2D eigenvalue weighted by Gasteiger charge is -2.34. The molecule has 0 aromatic carbocycles. The molecule has 15 heavy (non-hydrogen) atoms. The number of aliphatic hydroxyl groups is 1. The zero-order valence-electron chi connectivity index (χ0n) is 9.78. The topological polar surface area (TPSA) is 35.5 Å². The molecule has 3 unspecified atom stereocenters. The van der Waals surface area contributed by atoms with Crippen molar-refractivity contribution in [1.82, 2.24) is 10.2 Å². The molecule has 0 radical (unpaired) electrons. The number of nitrogens with zero attached hydrogens (tertiary/aromatic N) is 1. The quantitative estimate of drug-likeness (QED) is 0.727. The lowest BCUT2D eigenvalue weighted by atomic mass is 9.84. The van der Waals surface area contributed by atoms with E-state index >= 15 is 0 Å². The minimum Gasteiger partial charge on any atom is -0.392 e. The summed E-state index contributed by atoms with van der Waals surface area (Å²) in [5.74, 6) is 0.800. The van der Waals surface area contributed by atoms with Gasteiger partial charge in [0, 0.05) is 25.7 Å². The zero-order chi connectivity index (χ0) is 10.7. The number of β-amino-alcohol motifs (C(OH)–C–C–N with tert-alkyl or cyclic N) is 1. The summed E-state index contributed by atoms with van der Waals surface area (Å²) in [6, 6.07) is 0.705. The average Bonchev–Trinajstić information content (AvgIpc) is 2.65. The van der Waals surface area contributed by atoms with E-state index in [0.717, 1.165) is 25.4 Å². The molecule has 2 rings (SSSR count). The predicted molar refractivity (Wildman–Crippen MR) is 61.9 cm³/mol. The maximum Gasteiger partial charge on any atom is 0.0679 e. The van der Waals surface area contributed by atoms with E-state index in [1.54, 1.807) is 0 Å². The van der Waals surface area contributed by atoms with E-state index in [1.807, 2.05) is 0 Å². The summed E-state index contributed by atoms with van der Waals surface area (Å²) in [5.41, 5.74) is 0. The highest BCUT2D eigenvalue weighted by molar-refractivity contribution is 4.84. The van der Waals surface area contributed by atoms with Gasteiger partial charge in [-0.2, -0.15) is 0 Å². The van der Waals surface area contributed by atoms with E-state index in [9.17, 15) is 5.11 Å². The Morgan fingerprint density at radius 3 is 2.73 bits per heavy atom. The van der Waals surface area contributed by atoms with Crippen LogP contribution in [0.25, 0.3) is 0 Å². The Hall–Kier alpha value is -0.120. The summed E-state index contributed by atoms with van der Waals surface area (Å²) in [7, 11) is 2.09. The third kappa shape index (κ3) is 2.92. The number of hydrogen-bond donors (Lipinski definition) is 2. The van der Waals surface area contributed by atoms with Gasteiger partial charge in [0.05, 0.1) is 6.10 Å². The van der Waals surface area contributed by atoms with Crippen molar-refractivity contribution in [3.63, 3.8) is 0 Å². The summed E-state index contributed by atoms with van der Waals surface area (Å²) in [6.07, 6.45) is 6.36. The van der Waals surface area contributed by atoms with E-state index in [1.165, 1.54) is 32.2 Å². The Labute approximate surface area is 92.8 Å². The number of nitrogens with one attached hydrogen (secondary N) is 1. The second kappa shape index (κ2) is 5.28. The predicted octanol–water partition coefficient (Wildman–Crippen LogP) is 0.831. The van der Waals surface area contributed by atoms with Crippen LogP contribution in [0, 0.1) is 5.92 Å². The van der Waals surface area contributed by atoms with Crippen LogP contribution in [-0.4, -0.2) is 48.8 Å². The van der Waals surface area contributed by atoms with E-state index in [2.05, 4.69) is 17.3 Å². The highest BCUT2D eigenvalue weighted by Crippen LogP contribution is 2.26. The van der Waals surface area contributed by atoms with Gasteiger partial charge < -0.3 is 15.3 Å². The van der Waals surface area contributed by atoms with Crippen molar-refractivity contribution in [3.8, 4) is 0 Å². The fraction of sp³-hybridized carbons (Fsp3) is 1.00. The smallest absolute Gasteiger partial charge is 0.0679 e. The monoisotopic (exact) mass is 212 g/mol. The summed E-state index contributed by atoms with van der Waals surface area (Å²) in [6.45, 7) is 3.17. The van der Waals surface area contributed by atoms with Crippen molar-refractivity contribution in [2.75, 3.05) is 26.7 Å². The molecule has 3 heteroatoms. The van der Waals surface area contributed by atoms with Crippen molar-refractivity contribution in [2.24, 2.45) is 5.92 Å². The fourth-order valence-electron chi connectivity index (χ4n) is 3.12. The second-order valence-corrected chi connectivity index (χ2v) is 5.14. The SMILES string of the molecule is CNC1CCCCC1CN1CCC(O)C1. The summed E-state index contributed by atoms with van der Waals surface area (Å²) in [4.78, 5) is 2.44. The molecule has 1 heterocycles. The molecule has 1 aliphatic heterocycles. The molecule has 1 saturated heterocycles. The van der Waals surface area contributed by atoms with Crippen LogP contribution in [-0.2, 0) is 0 Å². The third-order valence-corrected chi connectivity index (χ3v) is 4.02. The lowest BCUT2D eigenvalue weighted by Crippen LogP contribution is -2.42. The van der Waals surface area contributed by atoms with Gasteiger partial charge in [0.25, 0.3) is 0 Å². The molecule has 3 atom stereocenters. The third-order valence-electron chi connectivity index (χ3n) is 4.02. The first-order valence-electron chi connectivity index (χ1n) is 6.37. The van der Waals surface area contributed by atoms with Crippen LogP contribution >= 0.6 is 0 Å². The van der Waals surface area contributed by atoms with E-state index in [4.69, 9.17) is 0 Å². The molecule has 0 aromatic rings. The molecular formula is C12H24N2O. The van der Waals surface area contributed by atoms with E-state index in [-0.39, 0.29) is 6.10 Å². The Bertz CT molecular complexity index is 198. The number of hydrogen-bond acceptors (Lipinski definition) is 3. The highest BCUT2D eigenvalue weighted by Gasteiger charge is 2.28. The number of likely N-dealkylation sites (tertiary alicyclic amines) is 1. The van der Waals surface area contributed by atoms with Crippen molar-refractivity contribution < 1.29 is 5.11 Å². The van der Waals surface area contributed by atoms with E-state index < -0.39 is 0 Å². The van der Waals surface area contributed by atoms with Crippen LogP contribution in [0.3, 0.4) is 0 Å². The van der Waals surface area contributed by atoms with Crippen molar-refractivity contribution in [3.05, 3.63) is 0 Å². The van der Waals surface area contributed by atoms with Gasteiger partial charge in [0.1, 0.15) is 0 Å². The van der Waals surface area contributed by atoms with Gasteiger partial charge in [0.2, 0.25) is 0 Å². The van der Waals surface area contributed by atoms with Crippen LogP contribution < -0.4 is 5.32 Å². The Balaban J connectivity index is 1.81. The largest absolute Gasteiger partial charge is 0.392 e. The van der Waals surface area contributed by atoms with E-state index in [0.29, 0.717) is 6.04 Å². The molecule has 3 nitrogen and oxygen atoms in total. The molecular weight excluding hydrogens is 188 g/mol. The van der Waals surface area contributed by atoms with Gasteiger partial charge in [-0.1, -0.05) is 12.8 Å². The van der Waals surface area contributed by atoms with Gasteiger partial charge in [-0.25, -0.2) is 0 Å². The van der Waals surface area contributed by atoms with Gasteiger partial charge >= 0.3 is 0 Å². The lowest BCUT2D eigenvalue weighted by molar-refractivity contribution is 0.153. The molecule has 0 aromatic heterocycles. The van der Waals surface area contributed by atoms with Crippen LogP contribution in [0.2, 0.25) is 0 Å². The molecule has 0 bridgehead atoms. The molecule has 88 valence electrons. The number of aliphatic hydroxyl groups excluding tert-OH is 1. The summed E-state index contributed by atoms with van der Waals surface area (Å²) < 4.78 is 0. The molecule has 0 amide bonds. The minimum absolute atomic E-state index is 0.0679. The average molecular weight is 212 g/mol. The number of rotatable bonds is 3. The van der Waals surface area contributed by atoms with Crippen LogP contribution in [0.4, 0.5) is 0 Å². The Morgan fingerprint density at radius 2 is 2.07 bits per heavy atom. The molecule has 2 fully saturated rings. The van der Waals surface area contributed by atoms with Gasteiger partial charge in [0.15, 0.2) is 0 Å². The van der Waals surface area contributed by atoms with Crippen molar-refractivity contribution >= 4 is 0 Å². The van der Waals surface area contributed by atoms with Crippen LogP contribution in [0.1, 0.15) is 32.1 Å². The highest BCUT2D eigenvalue weighted by atomic mass is 16.3. The van der Waals surface area contributed by atoms with Gasteiger partial charge in [-0.05, 0) is 32.2 Å². The fourth-order valence-corrected chi connectivity index (χ4v) is 3.12. The molecule has 2 aliphatic rings. The Kier molecular flexibility index (Phi) is 4.00. The zero-order valence-corrected chi connectivity index (χ0v) is 9.78. The van der Waals surface area contributed by atoms with Gasteiger partial charge in [-0.15, -0.1) is 0 Å². The summed E-state index contributed by atoms with van der Waals surface area (Å²) >= 11 is 0. The minimum atomic E-state index is -0.0679. The molecule has 2 N–H and O–H groups in total. The first-order chi connectivity index (χ1) is 7.29. The molecule has 0 spiro atoms. The van der Waals surface area contributed by atoms with Crippen molar-refractivity contribution in [1.29, 1.82) is 0 Å². The molecule has 1 aliphatic carbocycles. The standard InChI is InChI=1S/C12H24N2O/c1-13-12-5-3-2-4-10(12)8-14-7-6-11(15)9-14/h10-13,15H,2-9H2,1H3. The van der Waals surface area contributed by atoms with Crippen LogP contribution in [0.5, 0.6) is 0 Å². The maximum atomic E-state index is 9.49. The Morgan fingerprint density at radius 1 is 1.27 bits per heavy atom. The first kappa shape index (κ1) is 11.4. The second-order valence-electron chi connectivity index (χ2n) is 5.14.